The number of aryl methyl sites for hydroxylation is 1. The number of hydrogen-bond donors (Lipinski definition) is 1. The number of rotatable bonds is 3. The molecule has 1 atom stereocenters. The molecule has 1 unspecified atom stereocenters. The first kappa shape index (κ1) is 13.1. The molecule has 7 heteroatoms. The molecule has 0 radical (unpaired) electrons. The Balaban J connectivity index is 2.11. The minimum atomic E-state index is -3.16. The zero-order valence-corrected chi connectivity index (χ0v) is 11.6. The van der Waals surface area contributed by atoms with Crippen LogP contribution in [0.25, 0.3) is 0 Å². The highest BCUT2D eigenvalue weighted by Crippen LogP contribution is 2.28. The molecule has 0 aliphatic carbocycles. The van der Waals surface area contributed by atoms with Crippen LogP contribution in [0, 0.1) is 6.92 Å². The fraction of sp³-hybridized carbons (Fsp3) is 0.364. The molecule has 0 aromatic carbocycles. The molecule has 18 heavy (non-hydrogen) atoms. The fourth-order valence-corrected chi connectivity index (χ4v) is 3.82. The number of carbonyl (C=O) groups is 1. The van der Waals surface area contributed by atoms with Crippen LogP contribution in [0.5, 0.6) is 5.75 Å². The first-order chi connectivity index (χ1) is 8.41. The van der Waals surface area contributed by atoms with Gasteiger partial charge in [0.2, 0.25) is 0 Å². The number of amides is 1. The van der Waals surface area contributed by atoms with Gasteiger partial charge < -0.3 is 10.1 Å². The third-order valence-corrected chi connectivity index (χ3v) is 4.92. The lowest BCUT2D eigenvalue weighted by Gasteiger charge is -2.09. The van der Waals surface area contributed by atoms with Crippen molar-refractivity contribution in [2.24, 2.45) is 0 Å². The van der Waals surface area contributed by atoms with E-state index in [0.29, 0.717) is 10.6 Å². The second-order valence-electron chi connectivity index (χ2n) is 3.99. The molecule has 2 rings (SSSR count). The minimum Gasteiger partial charge on any atom is -0.495 e. The zero-order valence-electron chi connectivity index (χ0n) is 9.97. The molecule has 1 aromatic rings. The lowest BCUT2D eigenvalue weighted by molar-refractivity contribution is 0.0949. The molecular weight excluding hydrogens is 274 g/mol. The van der Waals surface area contributed by atoms with Gasteiger partial charge in [0.15, 0.2) is 9.84 Å². The number of thiophene rings is 1. The van der Waals surface area contributed by atoms with Crippen molar-refractivity contribution in [3.05, 3.63) is 27.3 Å². The topological polar surface area (TPSA) is 72.5 Å². The molecule has 2 heterocycles. The van der Waals surface area contributed by atoms with Gasteiger partial charge in [0, 0.05) is 10.3 Å². The van der Waals surface area contributed by atoms with Crippen molar-refractivity contribution in [2.75, 3.05) is 12.9 Å². The molecule has 1 aliphatic rings. The van der Waals surface area contributed by atoms with Crippen molar-refractivity contribution in [3.8, 4) is 5.75 Å². The molecule has 1 aromatic heterocycles. The van der Waals surface area contributed by atoms with Crippen LogP contribution in [0.15, 0.2) is 17.6 Å². The maximum absolute atomic E-state index is 12.0. The molecule has 1 aliphatic heterocycles. The first-order valence-corrected chi connectivity index (χ1v) is 7.81. The SMILES string of the molecule is COc1cc(C)sc1C(=O)NC1C=CS(=O)(=O)C1. The van der Waals surface area contributed by atoms with E-state index in [1.54, 1.807) is 6.07 Å². The molecule has 0 saturated heterocycles. The summed E-state index contributed by atoms with van der Waals surface area (Å²) in [6.45, 7) is 1.88. The Labute approximate surface area is 109 Å². The average molecular weight is 287 g/mol. The Morgan fingerprint density at radius 2 is 2.28 bits per heavy atom. The molecule has 0 saturated carbocycles. The van der Waals surface area contributed by atoms with Gasteiger partial charge in [-0.3, -0.25) is 4.79 Å². The van der Waals surface area contributed by atoms with Gasteiger partial charge in [-0.2, -0.15) is 0 Å². The largest absolute Gasteiger partial charge is 0.495 e. The second kappa shape index (κ2) is 4.74. The van der Waals surface area contributed by atoms with Crippen LogP contribution >= 0.6 is 11.3 Å². The Morgan fingerprint density at radius 1 is 1.56 bits per heavy atom. The molecule has 1 amide bonds. The Kier molecular flexibility index (Phi) is 3.45. The molecule has 0 bridgehead atoms. The van der Waals surface area contributed by atoms with Gasteiger partial charge in [-0.25, -0.2) is 8.42 Å². The third kappa shape index (κ3) is 2.73. The summed E-state index contributed by atoms with van der Waals surface area (Å²) in [7, 11) is -1.66. The van der Waals surface area contributed by atoms with Crippen LogP contribution in [0.2, 0.25) is 0 Å². The van der Waals surface area contributed by atoms with E-state index in [-0.39, 0.29) is 11.7 Å². The van der Waals surface area contributed by atoms with E-state index in [2.05, 4.69) is 5.32 Å². The zero-order chi connectivity index (χ0) is 13.3. The van der Waals surface area contributed by atoms with Crippen molar-refractivity contribution in [2.45, 2.75) is 13.0 Å². The molecule has 98 valence electrons. The lowest BCUT2D eigenvalue weighted by atomic mass is 10.3. The Morgan fingerprint density at radius 3 is 2.83 bits per heavy atom. The number of methoxy groups -OCH3 is 1. The maximum atomic E-state index is 12.0. The molecule has 1 N–H and O–H groups in total. The molecular formula is C11H13NO4S2. The van der Waals surface area contributed by atoms with Crippen molar-refractivity contribution >= 4 is 27.1 Å². The smallest absolute Gasteiger partial charge is 0.265 e. The fourth-order valence-electron chi connectivity index (χ4n) is 1.70. The van der Waals surface area contributed by atoms with E-state index in [1.165, 1.54) is 24.5 Å². The van der Waals surface area contributed by atoms with E-state index in [0.717, 1.165) is 10.3 Å². The highest BCUT2D eigenvalue weighted by atomic mass is 32.2. The van der Waals surface area contributed by atoms with Crippen LogP contribution < -0.4 is 10.1 Å². The second-order valence-corrected chi connectivity index (χ2v) is 7.18. The van der Waals surface area contributed by atoms with Crippen LogP contribution in [0.1, 0.15) is 14.5 Å². The summed E-state index contributed by atoms with van der Waals surface area (Å²) in [4.78, 5) is 13.4. The summed E-state index contributed by atoms with van der Waals surface area (Å²) in [5.74, 6) is 0.127. The third-order valence-electron chi connectivity index (χ3n) is 2.49. The number of nitrogens with one attached hydrogen (secondary N) is 1. The van der Waals surface area contributed by atoms with Crippen molar-refractivity contribution < 1.29 is 17.9 Å². The van der Waals surface area contributed by atoms with Crippen molar-refractivity contribution in [1.82, 2.24) is 5.32 Å². The van der Waals surface area contributed by atoms with E-state index in [4.69, 9.17) is 4.74 Å². The summed E-state index contributed by atoms with van der Waals surface area (Å²) in [5, 5.41) is 3.80. The van der Waals surface area contributed by atoms with Gasteiger partial charge in [0.05, 0.1) is 18.9 Å². The molecule has 5 nitrogen and oxygen atoms in total. The van der Waals surface area contributed by atoms with Crippen LogP contribution in [0.4, 0.5) is 0 Å². The van der Waals surface area contributed by atoms with Crippen molar-refractivity contribution in [1.29, 1.82) is 0 Å². The lowest BCUT2D eigenvalue weighted by Crippen LogP contribution is -2.35. The van der Waals surface area contributed by atoms with Gasteiger partial charge in [0.1, 0.15) is 10.6 Å². The number of sulfone groups is 1. The van der Waals surface area contributed by atoms with Gasteiger partial charge in [-0.1, -0.05) is 0 Å². The van der Waals surface area contributed by atoms with E-state index in [9.17, 15) is 13.2 Å². The number of hydrogen-bond acceptors (Lipinski definition) is 5. The minimum absolute atomic E-state index is 0.0780. The highest BCUT2D eigenvalue weighted by molar-refractivity contribution is 7.94. The van der Waals surface area contributed by atoms with Gasteiger partial charge in [-0.05, 0) is 19.1 Å². The summed E-state index contributed by atoms with van der Waals surface area (Å²) >= 11 is 1.32. The Hall–Kier alpha value is -1.34. The van der Waals surface area contributed by atoms with Crippen LogP contribution in [0.3, 0.4) is 0 Å². The summed E-state index contributed by atoms with van der Waals surface area (Å²) in [6.07, 6.45) is 1.49. The number of ether oxygens (including phenoxy) is 1. The quantitative estimate of drug-likeness (QED) is 0.903. The predicted molar refractivity (Wildman–Crippen MR) is 69.8 cm³/mol. The average Bonchev–Trinajstić information content (AvgIpc) is 2.81. The molecule has 0 fully saturated rings. The predicted octanol–water partition coefficient (Wildman–Crippen LogP) is 1.11. The first-order valence-electron chi connectivity index (χ1n) is 5.27. The summed E-state index contributed by atoms with van der Waals surface area (Å²) in [5.41, 5.74) is 0. The molecule has 0 spiro atoms. The number of carbonyl (C=O) groups excluding carboxylic acids is 1. The van der Waals surface area contributed by atoms with Crippen molar-refractivity contribution in [3.63, 3.8) is 0 Å². The summed E-state index contributed by atoms with van der Waals surface area (Å²) in [6, 6.07) is 1.32. The standard InChI is InChI=1S/C11H13NO4S2/c1-7-5-9(16-2)10(17-7)11(13)12-8-3-4-18(14,15)6-8/h3-5,8H,6H2,1-2H3,(H,12,13). The van der Waals surface area contributed by atoms with E-state index < -0.39 is 15.9 Å². The van der Waals surface area contributed by atoms with Crippen LogP contribution in [-0.4, -0.2) is 33.2 Å². The normalized spacial score (nSPS) is 20.9. The monoisotopic (exact) mass is 287 g/mol. The maximum Gasteiger partial charge on any atom is 0.265 e. The van der Waals surface area contributed by atoms with Gasteiger partial charge in [0.25, 0.3) is 5.91 Å². The van der Waals surface area contributed by atoms with E-state index in [1.807, 2.05) is 6.92 Å². The highest BCUT2D eigenvalue weighted by Gasteiger charge is 2.25. The van der Waals surface area contributed by atoms with Crippen LogP contribution in [-0.2, 0) is 9.84 Å². The summed E-state index contributed by atoms with van der Waals surface area (Å²) < 4.78 is 27.6. The Bertz CT molecular complexity index is 601. The van der Waals surface area contributed by atoms with Gasteiger partial charge >= 0.3 is 0 Å². The van der Waals surface area contributed by atoms with E-state index >= 15 is 0 Å². The van der Waals surface area contributed by atoms with Gasteiger partial charge in [-0.15, -0.1) is 11.3 Å².